The molecule has 34 heavy (non-hydrogen) atoms. The summed E-state index contributed by atoms with van der Waals surface area (Å²) >= 11 is 0. The Morgan fingerprint density at radius 3 is 2.56 bits per heavy atom. The lowest BCUT2D eigenvalue weighted by Crippen LogP contribution is -2.16. The smallest absolute Gasteiger partial charge is 0.346 e. The Hall–Kier alpha value is -3.24. The van der Waals surface area contributed by atoms with Crippen molar-refractivity contribution >= 4 is 5.97 Å². The summed E-state index contributed by atoms with van der Waals surface area (Å²) in [4.78, 5) is 13.1. The Kier molecular flexibility index (Phi) is 8.06. The van der Waals surface area contributed by atoms with Gasteiger partial charge < -0.3 is 24.1 Å². The highest BCUT2D eigenvalue weighted by atomic mass is 16.6. The van der Waals surface area contributed by atoms with Crippen molar-refractivity contribution in [2.45, 2.75) is 60.2 Å². The lowest BCUT2D eigenvalue weighted by molar-refractivity contribution is 0.0453. The molecule has 0 aliphatic carbocycles. The molecule has 1 aliphatic heterocycles. The number of rotatable bonds is 8. The van der Waals surface area contributed by atoms with Crippen LogP contribution in [0.1, 0.15) is 79.3 Å². The zero-order chi connectivity index (χ0) is 25.0. The number of ether oxygens (including phenoxy) is 4. The van der Waals surface area contributed by atoms with E-state index in [0.717, 1.165) is 6.42 Å². The first-order valence-corrected chi connectivity index (χ1v) is 11.6. The van der Waals surface area contributed by atoms with Crippen molar-refractivity contribution in [1.29, 1.82) is 5.26 Å². The molecule has 0 aromatic heterocycles. The minimum absolute atomic E-state index is 0.0978. The quantitative estimate of drug-likeness (QED) is 0.487. The summed E-state index contributed by atoms with van der Waals surface area (Å²) in [6.07, 6.45) is 0.546. The van der Waals surface area contributed by atoms with E-state index in [4.69, 9.17) is 18.9 Å². The van der Waals surface area contributed by atoms with Crippen LogP contribution in [0.3, 0.4) is 0 Å². The van der Waals surface area contributed by atoms with Crippen LogP contribution in [0.5, 0.6) is 23.0 Å². The molecule has 0 radical (unpaired) electrons. The fraction of sp³-hybridized carbons (Fsp3) is 0.481. The van der Waals surface area contributed by atoms with E-state index in [-0.39, 0.29) is 29.6 Å². The van der Waals surface area contributed by atoms with E-state index >= 15 is 0 Å². The van der Waals surface area contributed by atoms with Gasteiger partial charge in [-0.1, -0.05) is 27.7 Å². The lowest BCUT2D eigenvalue weighted by atomic mass is 9.96. The summed E-state index contributed by atoms with van der Waals surface area (Å²) < 4.78 is 23.5. The Morgan fingerprint density at radius 1 is 1.21 bits per heavy atom. The van der Waals surface area contributed by atoms with Gasteiger partial charge in [-0.15, -0.1) is 0 Å². The molecule has 0 bridgehead atoms. The molecule has 1 atom stereocenters. The number of nitrogens with zero attached hydrogens (tertiary/aromatic N) is 1. The first-order chi connectivity index (χ1) is 16.2. The number of aryl methyl sites for hydroxylation is 1. The van der Waals surface area contributed by atoms with Crippen molar-refractivity contribution < 1.29 is 28.8 Å². The van der Waals surface area contributed by atoms with Crippen LogP contribution >= 0.6 is 0 Å². The second-order valence-corrected chi connectivity index (χ2v) is 9.40. The number of carbonyl (C=O) groups excluding carboxylic acids is 1. The summed E-state index contributed by atoms with van der Waals surface area (Å²) in [7, 11) is 1.44. The van der Waals surface area contributed by atoms with Gasteiger partial charge in [0.2, 0.25) is 0 Å². The number of nitriles is 1. The zero-order valence-corrected chi connectivity index (χ0v) is 20.7. The SMILES string of the molecule is COc1c([C@@H](O)CC(C)C)ccc2c1C(=O)OCc1c(C#N)c(C)cc(OCCC(C)C)c1O2. The number of cyclic esters (lactones) is 1. The molecule has 3 rings (SSSR count). The highest BCUT2D eigenvalue weighted by Gasteiger charge is 2.31. The van der Waals surface area contributed by atoms with Crippen LogP contribution in [0.2, 0.25) is 0 Å². The minimum atomic E-state index is -0.812. The summed E-state index contributed by atoms with van der Waals surface area (Å²) in [5.74, 6) is 1.32. The van der Waals surface area contributed by atoms with Gasteiger partial charge in [0.15, 0.2) is 11.5 Å². The van der Waals surface area contributed by atoms with E-state index in [9.17, 15) is 15.2 Å². The van der Waals surface area contributed by atoms with Gasteiger partial charge in [-0.3, -0.25) is 0 Å². The molecule has 0 saturated heterocycles. The molecule has 182 valence electrons. The van der Waals surface area contributed by atoms with Gasteiger partial charge in [-0.25, -0.2) is 4.79 Å². The van der Waals surface area contributed by atoms with E-state index < -0.39 is 12.1 Å². The third kappa shape index (κ3) is 5.28. The van der Waals surface area contributed by atoms with Crippen molar-refractivity contribution in [2.75, 3.05) is 13.7 Å². The Bertz CT molecular complexity index is 1100. The number of carbonyl (C=O) groups is 1. The maximum Gasteiger partial charge on any atom is 0.346 e. The summed E-state index contributed by atoms with van der Waals surface area (Å²) in [5.41, 5.74) is 2.15. The van der Waals surface area contributed by atoms with Gasteiger partial charge >= 0.3 is 5.97 Å². The highest BCUT2D eigenvalue weighted by Crippen LogP contribution is 2.45. The van der Waals surface area contributed by atoms with E-state index in [1.807, 2.05) is 20.8 Å². The molecular formula is C27H33NO6. The zero-order valence-electron chi connectivity index (χ0n) is 20.7. The molecular weight excluding hydrogens is 434 g/mol. The van der Waals surface area contributed by atoms with Crippen molar-refractivity contribution in [3.63, 3.8) is 0 Å². The predicted molar refractivity (Wildman–Crippen MR) is 127 cm³/mol. The number of fused-ring (bicyclic) bond motifs is 2. The van der Waals surface area contributed by atoms with Crippen LogP contribution in [-0.2, 0) is 11.3 Å². The first kappa shape index (κ1) is 25.4. The molecule has 0 amide bonds. The first-order valence-electron chi connectivity index (χ1n) is 11.6. The molecule has 1 N–H and O–H groups in total. The minimum Gasteiger partial charge on any atom is -0.495 e. The van der Waals surface area contributed by atoms with E-state index in [1.54, 1.807) is 18.2 Å². The maximum absolute atomic E-state index is 13.1. The number of hydrogen-bond donors (Lipinski definition) is 1. The van der Waals surface area contributed by atoms with Crippen LogP contribution < -0.4 is 14.2 Å². The van der Waals surface area contributed by atoms with Crippen LogP contribution in [0.25, 0.3) is 0 Å². The normalized spacial score (nSPS) is 13.7. The fourth-order valence-corrected chi connectivity index (χ4v) is 3.99. The largest absolute Gasteiger partial charge is 0.495 e. The fourth-order valence-electron chi connectivity index (χ4n) is 3.99. The third-order valence-corrected chi connectivity index (χ3v) is 5.78. The monoisotopic (exact) mass is 467 g/mol. The number of esters is 1. The second-order valence-electron chi connectivity index (χ2n) is 9.40. The predicted octanol–water partition coefficient (Wildman–Crippen LogP) is 5.84. The molecule has 7 heteroatoms. The summed E-state index contributed by atoms with van der Waals surface area (Å²) in [6.45, 7) is 10.4. The van der Waals surface area contributed by atoms with Crippen molar-refractivity contribution in [2.24, 2.45) is 11.8 Å². The number of benzene rings is 2. The van der Waals surface area contributed by atoms with Gasteiger partial charge in [0.05, 0.1) is 37.0 Å². The van der Waals surface area contributed by atoms with Crippen LogP contribution in [-0.4, -0.2) is 24.8 Å². The Balaban J connectivity index is 2.14. The number of hydrogen-bond acceptors (Lipinski definition) is 7. The third-order valence-electron chi connectivity index (χ3n) is 5.78. The molecule has 1 aliphatic rings. The number of aliphatic hydroxyl groups is 1. The second kappa shape index (κ2) is 10.8. The summed E-state index contributed by atoms with van der Waals surface area (Å²) in [6, 6.07) is 7.28. The van der Waals surface area contributed by atoms with Gasteiger partial charge in [0, 0.05) is 5.56 Å². The van der Waals surface area contributed by atoms with Gasteiger partial charge in [0.25, 0.3) is 0 Å². The molecule has 2 aromatic carbocycles. The van der Waals surface area contributed by atoms with Crippen molar-refractivity contribution in [3.8, 4) is 29.1 Å². The lowest BCUT2D eigenvalue weighted by Gasteiger charge is -2.25. The number of aliphatic hydroxyl groups excluding tert-OH is 1. The molecule has 2 aromatic rings. The van der Waals surface area contributed by atoms with E-state index in [2.05, 4.69) is 19.9 Å². The van der Waals surface area contributed by atoms with Gasteiger partial charge in [-0.2, -0.15) is 5.26 Å². The van der Waals surface area contributed by atoms with Crippen LogP contribution in [0.4, 0.5) is 0 Å². The molecule has 0 fully saturated rings. The van der Waals surface area contributed by atoms with Crippen LogP contribution in [0.15, 0.2) is 18.2 Å². The van der Waals surface area contributed by atoms with Gasteiger partial charge in [-0.05, 0) is 55.4 Å². The molecule has 0 saturated carbocycles. The van der Waals surface area contributed by atoms with E-state index in [1.165, 1.54) is 7.11 Å². The molecule has 7 nitrogen and oxygen atoms in total. The topological polar surface area (TPSA) is 98.0 Å². The van der Waals surface area contributed by atoms with Crippen molar-refractivity contribution in [1.82, 2.24) is 0 Å². The average molecular weight is 468 g/mol. The van der Waals surface area contributed by atoms with E-state index in [0.29, 0.717) is 52.7 Å². The summed E-state index contributed by atoms with van der Waals surface area (Å²) in [5, 5.41) is 20.5. The van der Waals surface area contributed by atoms with Crippen molar-refractivity contribution in [3.05, 3.63) is 46.0 Å². The standard InChI is InChI=1S/C27H33NO6/c1-15(2)9-10-32-23-12-17(5)19(13-28)20-14-33-27(30)24-22(34-25(20)23)8-7-18(26(24)31-6)21(29)11-16(3)4/h7-8,12,15-16,21,29H,9-11,14H2,1-6H3/t21-/m0/s1. The highest BCUT2D eigenvalue weighted by molar-refractivity contribution is 5.97. The molecule has 1 heterocycles. The molecule has 0 spiro atoms. The van der Waals surface area contributed by atoms with Crippen LogP contribution in [0, 0.1) is 30.1 Å². The van der Waals surface area contributed by atoms with Gasteiger partial charge in [0.1, 0.15) is 23.7 Å². The average Bonchev–Trinajstić information content (AvgIpc) is 2.76. The Labute approximate surface area is 201 Å². The Morgan fingerprint density at radius 2 is 1.94 bits per heavy atom. The maximum atomic E-state index is 13.1. The molecule has 0 unspecified atom stereocenters. The number of methoxy groups -OCH3 is 1.